The molecule has 0 amide bonds. The van der Waals surface area contributed by atoms with E-state index >= 15 is 0 Å². The lowest BCUT2D eigenvalue weighted by molar-refractivity contribution is 0.0991. The average molecular weight is 199 g/mol. The maximum absolute atomic E-state index is 5.60. The van der Waals surface area contributed by atoms with Crippen LogP contribution in [0.1, 0.15) is 40.0 Å². The first-order valence-electron chi connectivity index (χ1n) is 6.07. The van der Waals surface area contributed by atoms with Gasteiger partial charge in [0.15, 0.2) is 0 Å². The molecule has 0 radical (unpaired) electrons. The molecule has 0 saturated carbocycles. The van der Waals surface area contributed by atoms with Crippen LogP contribution in [-0.4, -0.2) is 26.3 Å². The van der Waals surface area contributed by atoms with Crippen LogP contribution in [0.2, 0.25) is 0 Å². The fraction of sp³-hybridized carbons (Fsp3) is 1.00. The predicted octanol–water partition coefficient (Wildman–Crippen LogP) is 2.44. The molecule has 0 aromatic rings. The second kappa shape index (κ2) is 5.72. The molecule has 0 aromatic heterocycles. The average Bonchev–Trinajstić information content (AvgIpc) is 2.67. The van der Waals surface area contributed by atoms with Crippen LogP contribution in [-0.2, 0) is 4.74 Å². The maximum atomic E-state index is 5.60. The first kappa shape index (κ1) is 12.0. The summed E-state index contributed by atoms with van der Waals surface area (Å²) in [7, 11) is 0. The standard InChI is InChI=1S/C12H25NO/c1-4-11(5-2)12(9-13-6-3)7-8-14-10-12/h11,13H,4-10H2,1-3H3. The van der Waals surface area contributed by atoms with Gasteiger partial charge in [0.25, 0.3) is 0 Å². The Morgan fingerprint density at radius 3 is 2.43 bits per heavy atom. The third-order valence-electron chi connectivity index (χ3n) is 3.71. The van der Waals surface area contributed by atoms with Gasteiger partial charge in [-0.25, -0.2) is 0 Å². The van der Waals surface area contributed by atoms with Gasteiger partial charge >= 0.3 is 0 Å². The number of rotatable bonds is 6. The lowest BCUT2D eigenvalue weighted by Gasteiger charge is -2.35. The molecule has 1 unspecified atom stereocenters. The highest BCUT2D eigenvalue weighted by Gasteiger charge is 2.39. The summed E-state index contributed by atoms with van der Waals surface area (Å²) in [5.74, 6) is 0.823. The zero-order chi connectivity index (χ0) is 10.4. The van der Waals surface area contributed by atoms with E-state index in [1.165, 1.54) is 19.3 Å². The molecule has 1 N–H and O–H groups in total. The van der Waals surface area contributed by atoms with Crippen molar-refractivity contribution in [2.45, 2.75) is 40.0 Å². The van der Waals surface area contributed by atoms with Crippen molar-refractivity contribution in [3.63, 3.8) is 0 Å². The van der Waals surface area contributed by atoms with Gasteiger partial charge in [0.05, 0.1) is 6.61 Å². The van der Waals surface area contributed by atoms with Crippen molar-refractivity contribution in [3.8, 4) is 0 Å². The van der Waals surface area contributed by atoms with Crippen LogP contribution in [0.25, 0.3) is 0 Å². The van der Waals surface area contributed by atoms with Crippen LogP contribution in [0.3, 0.4) is 0 Å². The van der Waals surface area contributed by atoms with Crippen molar-refractivity contribution in [2.75, 3.05) is 26.3 Å². The Hall–Kier alpha value is -0.0800. The summed E-state index contributed by atoms with van der Waals surface area (Å²) < 4.78 is 5.60. The van der Waals surface area contributed by atoms with Gasteiger partial charge in [-0.2, -0.15) is 0 Å². The van der Waals surface area contributed by atoms with Gasteiger partial charge in [-0.3, -0.25) is 0 Å². The fourth-order valence-corrected chi connectivity index (χ4v) is 2.76. The smallest absolute Gasteiger partial charge is 0.0538 e. The molecule has 14 heavy (non-hydrogen) atoms. The van der Waals surface area contributed by atoms with Gasteiger partial charge in [-0.05, 0) is 18.9 Å². The lowest BCUT2D eigenvalue weighted by atomic mass is 9.72. The van der Waals surface area contributed by atoms with Crippen LogP contribution in [0.5, 0.6) is 0 Å². The SMILES string of the molecule is CCNCC1(C(CC)CC)CCOC1. The van der Waals surface area contributed by atoms with Crippen molar-refractivity contribution >= 4 is 0 Å². The van der Waals surface area contributed by atoms with Gasteiger partial charge in [0.2, 0.25) is 0 Å². The minimum absolute atomic E-state index is 0.430. The predicted molar refractivity (Wildman–Crippen MR) is 60.5 cm³/mol. The normalized spacial score (nSPS) is 27.4. The zero-order valence-electron chi connectivity index (χ0n) is 9.94. The van der Waals surface area contributed by atoms with Gasteiger partial charge in [-0.15, -0.1) is 0 Å². The molecule has 0 aliphatic carbocycles. The van der Waals surface area contributed by atoms with E-state index in [0.29, 0.717) is 5.41 Å². The molecule has 1 fully saturated rings. The third kappa shape index (κ3) is 2.48. The molecule has 84 valence electrons. The third-order valence-corrected chi connectivity index (χ3v) is 3.71. The Bertz CT molecular complexity index is 148. The van der Waals surface area contributed by atoms with E-state index < -0.39 is 0 Å². The molecule has 0 bridgehead atoms. The summed E-state index contributed by atoms with van der Waals surface area (Å²) in [6.07, 6.45) is 3.81. The number of nitrogens with one attached hydrogen (secondary N) is 1. The van der Waals surface area contributed by atoms with Crippen LogP contribution in [0.4, 0.5) is 0 Å². The van der Waals surface area contributed by atoms with Crippen molar-refractivity contribution in [1.82, 2.24) is 5.32 Å². The van der Waals surface area contributed by atoms with Gasteiger partial charge in [0, 0.05) is 18.6 Å². The van der Waals surface area contributed by atoms with E-state index in [1.807, 2.05) is 0 Å². The molecular weight excluding hydrogens is 174 g/mol. The van der Waals surface area contributed by atoms with Gasteiger partial charge in [0.1, 0.15) is 0 Å². The molecule has 1 atom stereocenters. The second-order valence-corrected chi connectivity index (χ2v) is 4.46. The van der Waals surface area contributed by atoms with Gasteiger partial charge in [-0.1, -0.05) is 33.6 Å². The number of hydrogen-bond donors (Lipinski definition) is 1. The first-order chi connectivity index (χ1) is 6.79. The Morgan fingerprint density at radius 1 is 1.29 bits per heavy atom. The summed E-state index contributed by atoms with van der Waals surface area (Å²) in [4.78, 5) is 0. The van der Waals surface area contributed by atoms with E-state index in [1.54, 1.807) is 0 Å². The van der Waals surface area contributed by atoms with Crippen molar-refractivity contribution in [3.05, 3.63) is 0 Å². The molecule has 2 nitrogen and oxygen atoms in total. The largest absolute Gasteiger partial charge is 0.381 e. The summed E-state index contributed by atoms with van der Waals surface area (Å²) in [5.41, 5.74) is 0.430. The molecule has 1 rings (SSSR count). The number of hydrogen-bond acceptors (Lipinski definition) is 2. The molecule has 2 heteroatoms. The Labute approximate surface area is 88.4 Å². The lowest BCUT2D eigenvalue weighted by Crippen LogP contribution is -2.40. The Morgan fingerprint density at radius 2 is 2.00 bits per heavy atom. The van der Waals surface area contributed by atoms with Crippen molar-refractivity contribution in [1.29, 1.82) is 0 Å². The molecule has 1 aliphatic heterocycles. The summed E-state index contributed by atoms with van der Waals surface area (Å²) in [5, 5.41) is 3.50. The Balaban J connectivity index is 2.59. The maximum Gasteiger partial charge on any atom is 0.0538 e. The minimum atomic E-state index is 0.430. The van der Waals surface area contributed by atoms with E-state index in [4.69, 9.17) is 4.74 Å². The summed E-state index contributed by atoms with van der Waals surface area (Å²) in [6, 6.07) is 0. The summed E-state index contributed by atoms with van der Waals surface area (Å²) in [6.45, 7) is 10.9. The molecule has 1 saturated heterocycles. The van der Waals surface area contributed by atoms with E-state index in [2.05, 4.69) is 26.1 Å². The molecule has 0 aromatic carbocycles. The zero-order valence-corrected chi connectivity index (χ0v) is 9.94. The van der Waals surface area contributed by atoms with Crippen LogP contribution in [0.15, 0.2) is 0 Å². The van der Waals surface area contributed by atoms with Crippen LogP contribution in [0, 0.1) is 11.3 Å². The first-order valence-corrected chi connectivity index (χ1v) is 6.07. The molecule has 1 heterocycles. The van der Waals surface area contributed by atoms with Crippen molar-refractivity contribution in [2.24, 2.45) is 11.3 Å². The summed E-state index contributed by atoms with van der Waals surface area (Å²) >= 11 is 0. The highest BCUT2D eigenvalue weighted by molar-refractivity contribution is 4.90. The van der Waals surface area contributed by atoms with Crippen LogP contribution < -0.4 is 5.32 Å². The fourth-order valence-electron chi connectivity index (χ4n) is 2.76. The molecule has 0 spiro atoms. The monoisotopic (exact) mass is 199 g/mol. The second-order valence-electron chi connectivity index (χ2n) is 4.46. The Kier molecular flexibility index (Phi) is 4.90. The van der Waals surface area contributed by atoms with E-state index in [9.17, 15) is 0 Å². The minimum Gasteiger partial charge on any atom is -0.381 e. The highest BCUT2D eigenvalue weighted by atomic mass is 16.5. The highest BCUT2D eigenvalue weighted by Crippen LogP contribution is 2.39. The quantitative estimate of drug-likeness (QED) is 0.709. The van der Waals surface area contributed by atoms with Crippen LogP contribution >= 0.6 is 0 Å². The van der Waals surface area contributed by atoms with E-state index in [0.717, 1.165) is 32.2 Å². The molecule has 1 aliphatic rings. The topological polar surface area (TPSA) is 21.3 Å². The van der Waals surface area contributed by atoms with Gasteiger partial charge < -0.3 is 10.1 Å². The molecular formula is C12H25NO. The number of ether oxygens (including phenoxy) is 1. The van der Waals surface area contributed by atoms with Crippen molar-refractivity contribution < 1.29 is 4.74 Å². The van der Waals surface area contributed by atoms with E-state index in [-0.39, 0.29) is 0 Å².